The lowest BCUT2D eigenvalue weighted by atomic mass is 9.95. The molecule has 2 saturated heterocycles. The van der Waals surface area contributed by atoms with Crippen LogP contribution in [-0.2, 0) is 66.8 Å². The van der Waals surface area contributed by atoms with Crippen molar-refractivity contribution in [2.24, 2.45) is 5.11 Å². The number of azide groups is 1. The monoisotopic (exact) mass is 629 g/mol. The lowest BCUT2D eigenvalue weighted by molar-refractivity contribution is -0.274. The van der Waals surface area contributed by atoms with Crippen molar-refractivity contribution in [3.8, 4) is 0 Å². The number of carbonyl (C=O) groups is 7. The number of hydrogen-bond donors (Lipinski definition) is 1. The van der Waals surface area contributed by atoms with Crippen LogP contribution in [0.3, 0.4) is 0 Å². The predicted molar refractivity (Wildman–Crippen MR) is 140 cm³/mol. The van der Waals surface area contributed by atoms with E-state index in [1.54, 1.807) is 0 Å². The zero-order valence-corrected chi connectivity index (χ0v) is 24.6. The zero-order chi connectivity index (χ0) is 32.8. The molecular formula is C25H35N5O14. The Labute approximate surface area is 251 Å². The molecule has 6 atom stereocenters. The molecule has 2 aliphatic rings. The van der Waals surface area contributed by atoms with E-state index in [9.17, 15) is 33.6 Å². The summed E-state index contributed by atoms with van der Waals surface area (Å²) in [5.74, 6) is -5.14. The number of amides is 3. The van der Waals surface area contributed by atoms with Gasteiger partial charge in [0, 0.05) is 58.5 Å². The van der Waals surface area contributed by atoms with Crippen LogP contribution < -0.4 is 5.32 Å². The van der Waals surface area contributed by atoms with Crippen LogP contribution in [0.4, 0.5) is 0 Å². The lowest BCUT2D eigenvalue weighted by Crippen LogP contribution is -2.66. The Morgan fingerprint density at radius 3 is 2.20 bits per heavy atom. The fraction of sp³-hybridized carbons (Fsp3) is 0.720. The molecule has 6 unspecified atom stereocenters. The Hall–Kier alpha value is -4.32. The van der Waals surface area contributed by atoms with E-state index in [-0.39, 0.29) is 51.9 Å². The molecule has 2 heterocycles. The van der Waals surface area contributed by atoms with Gasteiger partial charge < -0.3 is 38.6 Å². The Kier molecular flexibility index (Phi) is 14.4. The molecule has 0 aliphatic carbocycles. The third kappa shape index (κ3) is 11.4. The number of esters is 3. The summed E-state index contributed by atoms with van der Waals surface area (Å²) in [5.41, 5.74) is 8.85. The minimum absolute atomic E-state index is 0.0698. The van der Waals surface area contributed by atoms with Crippen LogP contribution >= 0.6 is 0 Å². The number of imide groups is 1. The molecular weight excluding hydrogens is 594 g/mol. The molecule has 19 nitrogen and oxygen atoms in total. The van der Waals surface area contributed by atoms with Gasteiger partial charge in [0.2, 0.25) is 5.91 Å². The molecule has 0 aromatic heterocycles. The first-order chi connectivity index (χ1) is 20.9. The van der Waals surface area contributed by atoms with E-state index >= 15 is 0 Å². The highest BCUT2D eigenvalue weighted by molar-refractivity contribution is 6.01. The number of methoxy groups -OCH3 is 1. The summed E-state index contributed by atoms with van der Waals surface area (Å²) in [6.07, 6.45) is -7.15. The van der Waals surface area contributed by atoms with Crippen LogP contribution in [0.5, 0.6) is 0 Å². The number of hydrogen-bond acceptors (Lipinski definition) is 15. The quantitative estimate of drug-likeness (QED) is 0.0577. The molecule has 0 aromatic carbocycles. The average molecular weight is 630 g/mol. The van der Waals surface area contributed by atoms with Crippen LogP contribution in [0.25, 0.3) is 10.4 Å². The first-order valence-electron chi connectivity index (χ1n) is 13.5. The highest BCUT2D eigenvalue weighted by Gasteiger charge is 2.51. The Morgan fingerprint density at radius 1 is 1.00 bits per heavy atom. The molecule has 2 aliphatic heterocycles. The van der Waals surface area contributed by atoms with E-state index in [0.29, 0.717) is 5.06 Å². The summed E-state index contributed by atoms with van der Waals surface area (Å²) in [6.45, 7) is 2.57. The number of nitrogens with zero attached hydrogens (tertiary/aromatic N) is 4. The van der Waals surface area contributed by atoms with Gasteiger partial charge >= 0.3 is 23.9 Å². The van der Waals surface area contributed by atoms with E-state index in [4.69, 9.17) is 38.8 Å². The summed E-state index contributed by atoms with van der Waals surface area (Å²) in [6, 6.07) is -1.33. The maximum atomic E-state index is 13.0. The molecule has 3 amide bonds. The van der Waals surface area contributed by atoms with Gasteiger partial charge in [0.05, 0.1) is 19.8 Å². The summed E-state index contributed by atoms with van der Waals surface area (Å²) >= 11 is 0. The van der Waals surface area contributed by atoms with Crippen molar-refractivity contribution in [3.05, 3.63) is 10.4 Å². The van der Waals surface area contributed by atoms with Crippen LogP contribution in [0.2, 0.25) is 0 Å². The smallest absolute Gasteiger partial charge is 0.333 e. The third-order valence-corrected chi connectivity index (χ3v) is 6.02. The van der Waals surface area contributed by atoms with Crippen molar-refractivity contribution >= 4 is 41.6 Å². The number of nitrogens with one attached hydrogen (secondary N) is 1. The second-order valence-electron chi connectivity index (χ2n) is 9.62. The molecule has 2 fully saturated rings. The summed E-state index contributed by atoms with van der Waals surface area (Å²) in [7, 11) is 1.36. The van der Waals surface area contributed by atoms with Crippen molar-refractivity contribution < 1.29 is 66.8 Å². The Bertz CT molecular complexity index is 1130. The molecule has 0 bridgehead atoms. The van der Waals surface area contributed by atoms with Gasteiger partial charge in [-0.1, -0.05) is 5.11 Å². The maximum absolute atomic E-state index is 13.0. The molecule has 0 spiro atoms. The highest BCUT2D eigenvalue weighted by Crippen LogP contribution is 2.28. The van der Waals surface area contributed by atoms with Crippen molar-refractivity contribution in [3.63, 3.8) is 0 Å². The van der Waals surface area contributed by atoms with Gasteiger partial charge in [-0.15, -0.1) is 5.06 Å². The molecule has 244 valence electrons. The van der Waals surface area contributed by atoms with Crippen LogP contribution in [0.15, 0.2) is 5.11 Å². The summed E-state index contributed by atoms with van der Waals surface area (Å²) in [5, 5.41) is 6.44. The number of hydroxylamine groups is 2. The average Bonchev–Trinajstić information content (AvgIpc) is 3.24. The first kappa shape index (κ1) is 35.9. The van der Waals surface area contributed by atoms with E-state index in [1.807, 2.05) is 0 Å². The minimum Gasteiger partial charge on any atom is -0.458 e. The molecule has 0 radical (unpaired) electrons. The molecule has 0 aromatic rings. The molecule has 1 N–H and O–H groups in total. The first-order valence-corrected chi connectivity index (χ1v) is 13.5. The predicted octanol–water partition coefficient (Wildman–Crippen LogP) is -0.258. The van der Waals surface area contributed by atoms with Crippen molar-refractivity contribution in [1.29, 1.82) is 0 Å². The fourth-order valence-electron chi connectivity index (χ4n) is 4.32. The van der Waals surface area contributed by atoms with E-state index < -0.39 is 78.3 Å². The van der Waals surface area contributed by atoms with E-state index in [2.05, 4.69) is 15.3 Å². The second-order valence-corrected chi connectivity index (χ2v) is 9.62. The molecule has 19 heteroatoms. The summed E-state index contributed by atoms with van der Waals surface area (Å²) in [4.78, 5) is 91.4. The number of rotatable bonds is 16. The van der Waals surface area contributed by atoms with E-state index in [0.717, 1.165) is 13.8 Å². The van der Waals surface area contributed by atoms with Gasteiger partial charge in [-0.05, 0) is 12.0 Å². The topological polar surface area (TPSA) is 248 Å². The SMILES string of the molecule is COCC(COC1OC(CN=[N+]=[N-])C(OC(C)=O)C(OC(C)=O)C1NC(=O)CCCC(=O)ON1C(=O)CCC1=O)OC(C)=O. The van der Waals surface area contributed by atoms with Crippen LogP contribution in [-0.4, -0.2) is 110 Å². The Balaban J connectivity index is 2.24. The van der Waals surface area contributed by atoms with Gasteiger partial charge in [-0.3, -0.25) is 28.8 Å². The standard InChI is InChI=1S/C25H35N5O14/c1-13(31)40-16(11-38-4)12-39-25-22(24(42-15(3)33)23(41-14(2)32)17(43-25)10-27-29-26)28-18(34)6-5-7-21(37)44-30-19(35)8-9-20(30)36/h16-17,22-25H,5-12H2,1-4H3,(H,28,34). The maximum Gasteiger partial charge on any atom is 0.333 e. The number of ether oxygens (including phenoxy) is 6. The van der Waals surface area contributed by atoms with Gasteiger partial charge in [0.25, 0.3) is 11.8 Å². The minimum atomic E-state index is -1.43. The highest BCUT2D eigenvalue weighted by atomic mass is 16.7. The summed E-state index contributed by atoms with van der Waals surface area (Å²) < 4.78 is 32.7. The van der Waals surface area contributed by atoms with Gasteiger partial charge in [0.15, 0.2) is 18.5 Å². The third-order valence-electron chi connectivity index (χ3n) is 6.02. The second kappa shape index (κ2) is 17.7. The van der Waals surface area contributed by atoms with Crippen molar-refractivity contribution in [2.75, 3.05) is 26.9 Å². The van der Waals surface area contributed by atoms with Crippen molar-refractivity contribution in [2.45, 2.75) is 89.6 Å². The lowest BCUT2D eigenvalue weighted by Gasteiger charge is -2.45. The zero-order valence-electron chi connectivity index (χ0n) is 24.6. The van der Waals surface area contributed by atoms with Crippen LogP contribution in [0.1, 0.15) is 52.9 Å². The molecule has 0 saturated carbocycles. The Morgan fingerprint density at radius 2 is 1.64 bits per heavy atom. The molecule has 44 heavy (non-hydrogen) atoms. The van der Waals surface area contributed by atoms with Gasteiger partial charge in [-0.25, -0.2) is 4.79 Å². The number of carbonyl (C=O) groups excluding carboxylic acids is 7. The molecule has 2 rings (SSSR count). The normalized spacial score (nSPS) is 23.6. The van der Waals surface area contributed by atoms with Gasteiger partial charge in [-0.2, -0.15) is 0 Å². The fourth-order valence-corrected chi connectivity index (χ4v) is 4.32. The largest absolute Gasteiger partial charge is 0.458 e. The van der Waals surface area contributed by atoms with Crippen LogP contribution in [0, 0.1) is 0 Å². The van der Waals surface area contributed by atoms with Crippen molar-refractivity contribution in [1.82, 2.24) is 10.4 Å². The van der Waals surface area contributed by atoms with E-state index in [1.165, 1.54) is 14.0 Å². The van der Waals surface area contributed by atoms with Gasteiger partial charge in [0.1, 0.15) is 18.2 Å².